The molecule has 108 valence electrons. The van der Waals surface area contributed by atoms with Gasteiger partial charge in [-0.3, -0.25) is 0 Å². The van der Waals surface area contributed by atoms with E-state index >= 15 is 0 Å². The molecule has 0 saturated heterocycles. The largest absolute Gasteiger partial charge is 0.444 e. The average Bonchev–Trinajstić information content (AvgIpc) is 3.09. The topological polar surface area (TPSA) is 43.9 Å². The highest BCUT2D eigenvalue weighted by Crippen LogP contribution is 2.25. The highest BCUT2D eigenvalue weighted by Gasteiger charge is 2.09. The van der Waals surface area contributed by atoms with E-state index in [2.05, 4.69) is 35.9 Å². The minimum Gasteiger partial charge on any atom is -0.444 e. The first kappa shape index (κ1) is 13.9. The monoisotopic (exact) mass is 299 g/mol. The second-order valence-corrected chi connectivity index (χ2v) is 5.99. The Morgan fingerprint density at radius 2 is 2.10 bits per heavy atom. The highest BCUT2D eigenvalue weighted by molar-refractivity contribution is 7.98. The molecule has 2 aromatic heterocycles. The Morgan fingerprint density at radius 3 is 2.81 bits per heavy atom. The number of benzene rings is 1. The van der Waals surface area contributed by atoms with E-state index < -0.39 is 0 Å². The first-order chi connectivity index (χ1) is 10.1. The third-order valence-corrected chi connectivity index (χ3v) is 4.52. The lowest BCUT2D eigenvalue weighted by molar-refractivity contribution is 0.573. The van der Waals surface area contributed by atoms with Crippen molar-refractivity contribution in [1.82, 2.24) is 14.5 Å². The third-order valence-electron chi connectivity index (χ3n) is 3.43. The SMILES string of the molecule is Cc1ccc(-c2nc(CSc3nccn3C)co2)cc1C. The van der Waals surface area contributed by atoms with Gasteiger partial charge in [-0.15, -0.1) is 0 Å². The third kappa shape index (κ3) is 3.03. The van der Waals surface area contributed by atoms with Crippen molar-refractivity contribution in [3.63, 3.8) is 0 Å². The van der Waals surface area contributed by atoms with Crippen LogP contribution in [0.5, 0.6) is 0 Å². The molecule has 0 aliphatic heterocycles. The molecule has 0 spiro atoms. The molecule has 2 heterocycles. The predicted octanol–water partition coefficient (Wildman–Crippen LogP) is 3.98. The Labute approximate surface area is 128 Å². The molecular weight excluding hydrogens is 282 g/mol. The van der Waals surface area contributed by atoms with Crippen molar-refractivity contribution in [3.05, 3.63) is 53.7 Å². The summed E-state index contributed by atoms with van der Waals surface area (Å²) in [6.45, 7) is 4.20. The van der Waals surface area contributed by atoms with E-state index in [4.69, 9.17) is 4.42 Å². The van der Waals surface area contributed by atoms with E-state index in [1.807, 2.05) is 23.9 Å². The molecule has 4 nitrogen and oxygen atoms in total. The summed E-state index contributed by atoms with van der Waals surface area (Å²) in [5.74, 6) is 1.42. The van der Waals surface area contributed by atoms with Gasteiger partial charge in [-0.1, -0.05) is 17.8 Å². The average molecular weight is 299 g/mol. The Hall–Kier alpha value is -2.01. The number of thioether (sulfide) groups is 1. The maximum absolute atomic E-state index is 5.59. The zero-order valence-electron chi connectivity index (χ0n) is 12.3. The molecule has 3 aromatic rings. The number of imidazole rings is 1. The van der Waals surface area contributed by atoms with Crippen molar-refractivity contribution in [2.45, 2.75) is 24.8 Å². The molecule has 0 aliphatic rings. The Morgan fingerprint density at radius 1 is 1.24 bits per heavy atom. The van der Waals surface area contributed by atoms with Gasteiger partial charge in [0.25, 0.3) is 0 Å². The van der Waals surface area contributed by atoms with Gasteiger partial charge in [0.2, 0.25) is 5.89 Å². The van der Waals surface area contributed by atoms with Gasteiger partial charge in [0, 0.05) is 30.8 Å². The fourth-order valence-electron chi connectivity index (χ4n) is 2.01. The summed E-state index contributed by atoms with van der Waals surface area (Å²) < 4.78 is 7.59. The van der Waals surface area contributed by atoms with E-state index in [1.165, 1.54) is 11.1 Å². The summed E-state index contributed by atoms with van der Waals surface area (Å²) >= 11 is 1.65. The van der Waals surface area contributed by atoms with Gasteiger partial charge in [-0.2, -0.15) is 0 Å². The molecule has 0 N–H and O–H groups in total. The fraction of sp³-hybridized carbons (Fsp3) is 0.250. The van der Waals surface area contributed by atoms with Gasteiger partial charge in [0.15, 0.2) is 5.16 Å². The van der Waals surface area contributed by atoms with Crippen molar-refractivity contribution in [2.75, 3.05) is 0 Å². The zero-order chi connectivity index (χ0) is 14.8. The summed E-state index contributed by atoms with van der Waals surface area (Å²) in [7, 11) is 1.98. The standard InChI is InChI=1S/C16H17N3OS/c1-11-4-5-13(8-12(11)2)15-18-14(9-20-15)10-21-16-17-6-7-19(16)3/h4-9H,10H2,1-3H3. The second kappa shape index (κ2) is 5.77. The molecule has 5 heteroatoms. The van der Waals surface area contributed by atoms with Gasteiger partial charge < -0.3 is 8.98 Å². The van der Waals surface area contributed by atoms with Crippen molar-refractivity contribution in [3.8, 4) is 11.5 Å². The minimum absolute atomic E-state index is 0.675. The molecule has 0 saturated carbocycles. The maximum atomic E-state index is 5.59. The minimum atomic E-state index is 0.675. The first-order valence-electron chi connectivity index (χ1n) is 6.75. The van der Waals surface area contributed by atoms with Crippen LogP contribution in [0.15, 0.2) is 46.4 Å². The summed E-state index contributed by atoms with van der Waals surface area (Å²) in [4.78, 5) is 8.84. The Balaban J connectivity index is 1.74. The van der Waals surface area contributed by atoms with Crippen molar-refractivity contribution < 1.29 is 4.42 Å². The van der Waals surface area contributed by atoms with Gasteiger partial charge in [0.1, 0.15) is 6.26 Å². The molecule has 0 atom stereocenters. The molecule has 3 rings (SSSR count). The molecule has 0 unspecified atom stereocenters. The quantitative estimate of drug-likeness (QED) is 0.683. The molecule has 1 aromatic carbocycles. The summed E-state index contributed by atoms with van der Waals surface area (Å²) in [6, 6.07) is 6.25. The highest BCUT2D eigenvalue weighted by atomic mass is 32.2. The van der Waals surface area contributed by atoms with Crippen LogP contribution in [0.4, 0.5) is 0 Å². The molecule has 0 bridgehead atoms. The molecule has 0 fully saturated rings. The van der Waals surface area contributed by atoms with Gasteiger partial charge >= 0.3 is 0 Å². The van der Waals surface area contributed by atoms with E-state index in [0.29, 0.717) is 5.89 Å². The number of aromatic nitrogens is 3. The van der Waals surface area contributed by atoms with Gasteiger partial charge in [-0.05, 0) is 37.1 Å². The van der Waals surface area contributed by atoms with Crippen molar-refractivity contribution >= 4 is 11.8 Å². The van der Waals surface area contributed by atoms with Crippen LogP contribution in [0.3, 0.4) is 0 Å². The van der Waals surface area contributed by atoms with Crippen LogP contribution < -0.4 is 0 Å². The number of rotatable bonds is 4. The summed E-state index contributed by atoms with van der Waals surface area (Å²) in [6.07, 6.45) is 5.46. The second-order valence-electron chi connectivity index (χ2n) is 5.05. The molecule has 0 aliphatic carbocycles. The lowest BCUT2D eigenvalue weighted by Crippen LogP contribution is -1.90. The zero-order valence-corrected chi connectivity index (χ0v) is 13.1. The van der Waals surface area contributed by atoms with Gasteiger partial charge in [-0.25, -0.2) is 9.97 Å². The molecule has 21 heavy (non-hydrogen) atoms. The number of hydrogen-bond acceptors (Lipinski definition) is 4. The number of aryl methyl sites for hydroxylation is 3. The lowest BCUT2D eigenvalue weighted by atomic mass is 10.1. The van der Waals surface area contributed by atoms with Crippen LogP contribution >= 0.6 is 11.8 Å². The smallest absolute Gasteiger partial charge is 0.226 e. The van der Waals surface area contributed by atoms with Crippen LogP contribution in [0.2, 0.25) is 0 Å². The first-order valence-corrected chi connectivity index (χ1v) is 7.74. The summed E-state index contributed by atoms with van der Waals surface area (Å²) in [5.41, 5.74) is 4.47. The van der Waals surface area contributed by atoms with E-state index in [0.717, 1.165) is 22.2 Å². The maximum Gasteiger partial charge on any atom is 0.226 e. The van der Waals surface area contributed by atoms with Crippen LogP contribution in [-0.2, 0) is 12.8 Å². The van der Waals surface area contributed by atoms with Crippen molar-refractivity contribution in [1.29, 1.82) is 0 Å². The molecule has 0 radical (unpaired) electrons. The van der Waals surface area contributed by atoms with Crippen LogP contribution in [-0.4, -0.2) is 14.5 Å². The van der Waals surface area contributed by atoms with E-state index in [9.17, 15) is 0 Å². The molecule has 0 amide bonds. The van der Waals surface area contributed by atoms with Crippen LogP contribution in [0, 0.1) is 13.8 Å². The van der Waals surface area contributed by atoms with Crippen molar-refractivity contribution in [2.24, 2.45) is 7.05 Å². The Bertz CT molecular complexity index is 760. The van der Waals surface area contributed by atoms with E-state index in [-0.39, 0.29) is 0 Å². The molecular formula is C16H17N3OS. The normalized spacial score (nSPS) is 11.0. The summed E-state index contributed by atoms with van der Waals surface area (Å²) in [5, 5.41) is 0.978. The number of hydrogen-bond donors (Lipinski definition) is 0. The van der Waals surface area contributed by atoms with E-state index in [1.54, 1.807) is 24.2 Å². The fourth-order valence-corrected chi connectivity index (χ4v) is 2.82. The number of nitrogens with zero attached hydrogens (tertiary/aromatic N) is 3. The predicted molar refractivity (Wildman–Crippen MR) is 84.2 cm³/mol. The lowest BCUT2D eigenvalue weighted by Gasteiger charge is -2.01. The van der Waals surface area contributed by atoms with Crippen LogP contribution in [0.25, 0.3) is 11.5 Å². The van der Waals surface area contributed by atoms with Crippen LogP contribution in [0.1, 0.15) is 16.8 Å². The van der Waals surface area contributed by atoms with Gasteiger partial charge in [0.05, 0.1) is 5.69 Å². The Kier molecular flexibility index (Phi) is 3.84. The number of oxazole rings is 1.